The van der Waals surface area contributed by atoms with Crippen LogP contribution in [0.5, 0.6) is 0 Å². The van der Waals surface area contributed by atoms with Gasteiger partial charge in [-0.05, 0) is 53.8 Å². The van der Waals surface area contributed by atoms with Crippen molar-refractivity contribution < 1.29 is 4.79 Å². The Balaban J connectivity index is 1.76. The zero-order chi connectivity index (χ0) is 15.5. The van der Waals surface area contributed by atoms with Crippen LogP contribution in [-0.2, 0) is 17.8 Å². The fourth-order valence-corrected chi connectivity index (χ4v) is 2.72. The average Bonchev–Trinajstić information content (AvgIpc) is 2.89. The summed E-state index contributed by atoms with van der Waals surface area (Å²) in [7, 11) is 0. The summed E-state index contributed by atoms with van der Waals surface area (Å²) in [6.45, 7) is 2.41. The molecule has 0 atom stereocenters. The Morgan fingerprint density at radius 2 is 2.05 bits per heavy atom. The van der Waals surface area contributed by atoms with Gasteiger partial charge < -0.3 is 9.88 Å². The molecule has 3 aromatic rings. The molecule has 0 radical (unpaired) electrons. The third-order valence-corrected chi connectivity index (χ3v) is 3.90. The number of nitrogens with one attached hydrogen (secondary N) is 1. The highest BCUT2D eigenvalue weighted by Crippen LogP contribution is 2.19. The van der Waals surface area contributed by atoms with Crippen LogP contribution in [0, 0.1) is 0 Å². The van der Waals surface area contributed by atoms with Crippen LogP contribution in [-0.4, -0.2) is 10.5 Å². The monoisotopic (exact) mass is 312 g/mol. The van der Waals surface area contributed by atoms with E-state index < -0.39 is 0 Å². The number of aromatic nitrogens is 1. The molecule has 0 spiro atoms. The molecule has 0 fully saturated rings. The van der Waals surface area contributed by atoms with Crippen LogP contribution in [0.15, 0.2) is 54.7 Å². The van der Waals surface area contributed by atoms with E-state index in [9.17, 15) is 4.79 Å². The maximum absolute atomic E-state index is 12.2. The lowest BCUT2D eigenvalue weighted by molar-refractivity contribution is -0.116. The number of hydrogen-bond acceptors (Lipinski definition) is 1. The van der Waals surface area contributed by atoms with Crippen molar-refractivity contribution in [2.75, 3.05) is 5.32 Å². The molecule has 4 heteroatoms. The first-order valence-electron chi connectivity index (χ1n) is 7.29. The standard InChI is InChI=1S/C18H17ClN2O/c1-2-13-6-7-17-14(10-13)8-9-21(17)12-18(22)20-16-5-3-4-15(19)11-16/h3-11H,2,12H2,1H3,(H,20,22). The van der Waals surface area contributed by atoms with Crippen LogP contribution >= 0.6 is 11.6 Å². The Morgan fingerprint density at radius 3 is 2.82 bits per heavy atom. The van der Waals surface area contributed by atoms with E-state index in [-0.39, 0.29) is 12.5 Å². The van der Waals surface area contributed by atoms with E-state index in [1.54, 1.807) is 12.1 Å². The van der Waals surface area contributed by atoms with Gasteiger partial charge in [-0.3, -0.25) is 4.79 Å². The SMILES string of the molecule is CCc1ccc2c(ccn2CC(=O)Nc2cccc(Cl)c2)c1. The first-order valence-corrected chi connectivity index (χ1v) is 7.66. The number of hydrogen-bond donors (Lipinski definition) is 1. The number of aryl methyl sites for hydroxylation is 1. The molecule has 22 heavy (non-hydrogen) atoms. The van der Waals surface area contributed by atoms with Crippen molar-refractivity contribution >= 4 is 34.1 Å². The molecule has 0 bridgehead atoms. The van der Waals surface area contributed by atoms with E-state index in [4.69, 9.17) is 11.6 Å². The summed E-state index contributed by atoms with van der Waals surface area (Å²) in [5.41, 5.74) is 3.08. The van der Waals surface area contributed by atoms with Crippen LogP contribution in [0.2, 0.25) is 5.02 Å². The summed E-state index contributed by atoms with van der Waals surface area (Å²) in [5.74, 6) is -0.0701. The van der Waals surface area contributed by atoms with Crippen LogP contribution in [0.1, 0.15) is 12.5 Å². The molecule has 1 amide bonds. The van der Waals surface area contributed by atoms with Crippen molar-refractivity contribution in [3.05, 3.63) is 65.3 Å². The lowest BCUT2D eigenvalue weighted by Gasteiger charge is -2.08. The van der Waals surface area contributed by atoms with Crippen LogP contribution in [0.3, 0.4) is 0 Å². The summed E-state index contributed by atoms with van der Waals surface area (Å²) >= 11 is 5.92. The topological polar surface area (TPSA) is 34.0 Å². The molecule has 0 aliphatic rings. The summed E-state index contributed by atoms with van der Waals surface area (Å²) in [4.78, 5) is 12.2. The number of rotatable bonds is 4. The number of nitrogens with zero attached hydrogens (tertiary/aromatic N) is 1. The Bertz CT molecular complexity index is 823. The number of halogens is 1. The quantitative estimate of drug-likeness (QED) is 0.756. The molecule has 1 N–H and O–H groups in total. The Kier molecular flexibility index (Phi) is 4.16. The largest absolute Gasteiger partial charge is 0.338 e. The second kappa shape index (κ2) is 6.24. The minimum absolute atomic E-state index is 0.0701. The summed E-state index contributed by atoms with van der Waals surface area (Å²) in [5, 5.41) is 4.63. The van der Waals surface area contributed by atoms with Gasteiger partial charge in [0.15, 0.2) is 0 Å². The molecule has 1 aromatic heterocycles. The van der Waals surface area contributed by atoms with Gasteiger partial charge in [0.1, 0.15) is 6.54 Å². The Morgan fingerprint density at radius 1 is 1.18 bits per heavy atom. The molecule has 112 valence electrons. The molecule has 0 aliphatic carbocycles. The molecule has 3 rings (SSSR count). The predicted molar refractivity (Wildman–Crippen MR) is 91.4 cm³/mol. The highest BCUT2D eigenvalue weighted by Gasteiger charge is 2.07. The van der Waals surface area contributed by atoms with Gasteiger partial charge in [-0.1, -0.05) is 30.7 Å². The minimum Gasteiger partial charge on any atom is -0.338 e. The highest BCUT2D eigenvalue weighted by atomic mass is 35.5. The van der Waals surface area contributed by atoms with Crippen molar-refractivity contribution in [3.8, 4) is 0 Å². The third kappa shape index (κ3) is 3.15. The zero-order valence-electron chi connectivity index (χ0n) is 12.3. The Hall–Kier alpha value is -2.26. The molecular weight excluding hydrogens is 296 g/mol. The van der Waals surface area contributed by atoms with Crippen LogP contribution in [0.25, 0.3) is 10.9 Å². The second-order valence-electron chi connectivity index (χ2n) is 5.25. The fraction of sp³-hybridized carbons (Fsp3) is 0.167. The van der Waals surface area contributed by atoms with Gasteiger partial charge in [0.05, 0.1) is 0 Å². The molecular formula is C18H17ClN2O. The van der Waals surface area contributed by atoms with Gasteiger partial charge in [0.2, 0.25) is 5.91 Å². The molecule has 0 saturated heterocycles. The number of carbonyl (C=O) groups excluding carboxylic acids is 1. The van der Waals surface area contributed by atoms with E-state index in [0.717, 1.165) is 17.3 Å². The van der Waals surface area contributed by atoms with Crippen molar-refractivity contribution in [3.63, 3.8) is 0 Å². The van der Waals surface area contributed by atoms with Crippen LogP contribution in [0.4, 0.5) is 5.69 Å². The normalized spacial score (nSPS) is 10.8. The number of anilines is 1. The highest BCUT2D eigenvalue weighted by molar-refractivity contribution is 6.30. The second-order valence-corrected chi connectivity index (χ2v) is 5.69. The van der Waals surface area contributed by atoms with Gasteiger partial charge in [0, 0.05) is 22.4 Å². The van der Waals surface area contributed by atoms with Crippen molar-refractivity contribution in [2.24, 2.45) is 0 Å². The van der Waals surface area contributed by atoms with Crippen molar-refractivity contribution in [1.82, 2.24) is 4.57 Å². The molecule has 0 saturated carbocycles. The smallest absolute Gasteiger partial charge is 0.244 e. The number of benzene rings is 2. The van der Waals surface area contributed by atoms with Crippen molar-refractivity contribution in [1.29, 1.82) is 0 Å². The summed E-state index contributed by atoms with van der Waals surface area (Å²) in [6.07, 6.45) is 2.96. The van der Waals surface area contributed by atoms with Gasteiger partial charge in [-0.15, -0.1) is 0 Å². The minimum atomic E-state index is -0.0701. The maximum Gasteiger partial charge on any atom is 0.244 e. The zero-order valence-corrected chi connectivity index (χ0v) is 13.1. The van der Waals surface area contributed by atoms with Crippen LogP contribution < -0.4 is 5.32 Å². The van der Waals surface area contributed by atoms with E-state index in [1.165, 1.54) is 5.56 Å². The average molecular weight is 313 g/mol. The number of fused-ring (bicyclic) bond motifs is 1. The van der Waals surface area contributed by atoms with Gasteiger partial charge in [0.25, 0.3) is 0 Å². The predicted octanol–water partition coefficient (Wildman–Crippen LogP) is 4.50. The van der Waals surface area contributed by atoms with E-state index in [1.807, 2.05) is 29.0 Å². The van der Waals surface area contributed by atoms with Gasteiger partial charge in [-0.2, -0.15) is 0 Å². The first kappa shape index (κ1) is 14.7. The van der Waals surface area contributed by atoms with E-state index >= 15 is 0 Å². The first-order chi connectivity index (χ1) is 10.7. The fourth-order valence-electron chi connectivity index (χ4n) is 2.53. The van der Waals surface area contributed by atoms with Gasteiger partial charge >= 0.3 is 0 Å². The molecule has 1 heterocycles. The van der Waals surface area contributed by atoms with Gasteiger partial charge in [-0.25, -0.2) is 0 Å². The lowest BCUT2D eigenvalue weighted by Crippen LogP contribution is -2.18. The third-order valence-electron chi connectivity index (χ3n) is 3.67. The molecule has 2 aromatic carbocycles. The summed E-state index contributed by atoms with van der Waals surface area (Å²) in [6, 6.07) is 15.5. The molecule has 3 nitrogen and oxygen atoms in total. The molecule has 0 unspecified atom stereocenters. The maximum atomic E-state index is 12.2. The van der Waals surface area contributed by atoms with Crippen molar-refractivity contribution in [2.45, 2.75) is 19.9 Å². The Labute approximate surface area is 134 Å². The van der Waals surface area contributed by atoms with E-state index in [0.29, 0.717) is 10.7 Å². The lowest BCUT2D eigenvalue weighted by atomic mass is 10.1. The number of amides is 1. The number of carbonyl (C=O) groups is 1. The summed E-state index contributed by atoms with van der Waals surface area (Å²) < 4.78 is 1.95. The van der Waals surface area contributed by atoms with E-state index in [2.05, 4.69) is 30.4 Å². The molecule has 0 aliphatic heterocycles.